The van der Waals surface area contributed by atoms with Gasteiger partial charge in [0.1, 0.15) is 5.82 Å². The second kappa shape index (κ2) is 5.52. The number of rotatable bonds is 3. The normalized spacial score (nSPS) is 14.2. The van der Waals surface area contributed by atoms with Crippen molar-refractivity contribution in [3.63, 3.8) is 0 Å². The number of fused-ring (bicyclic) bond motifs is 1. The molecule has 0 saturated heterocycles. The van der Waals surface area contributed by atoms with E-state index in [1.807, 2.05) is 11.3 Å². The molecule has 1 aliphatic rings. The Labute approximate surface area is 124 Å². The lowest BCUT2D eigenvalue weighted by Gasteiger charge is -2.19. The zero-order chi connectivity index (χ0) is 14.1. The van der Waals surface area contributed by atoms with Gasteiger partial charge >= 0.3 is 0 Å². The van der Waals surface area contributed by atoms with Crippen LogP contribution in [-0.2, 0) is 12.8 Å². The Morgan fingerprint density at radius 2 is 2.00 bits per heavy atom. The summed E-state index contributed by atoms with van der Waals surface area (Å²) < 4.78 is 0. The largest absolute Gasteiger partial charge is 0.370 e. The van der Waals surface area contributed by atoms with E-state index in [9.17, 15) is 0 Å². The Hall–Kier alpha value is -1.42. The minimum Gasteiger partial charge on any atom is -0.370 e. The predicted octanol–water partition coefficient (Wildman–Crippen LogP) is 4.13. The number of nitrogens with one attached hydrogen (secondary N) is 1. The van der Waals surface area contributed by atoms with Crippen LogP contribution >= 0.6 is 11.3 Å². The lowest BCUT2D eigenvalue weighted by atomic mass is 9.96. The quantitative estimate of drug-likeness (QED) is 0.922. The first kappa shape index (κ1) is 13.6. The number of aromatic nitrogens is 2. The van der Waals surface area contributed by atoms with Crippen LogP contribution in [0.5, 0.6) is 0 Å². The molecular formula is C16H21N3S. The van der Waals surface area contributed by atoms with Gasteiger partial charge in [-0.1, -0.05) is 0 Å². The minimum atomic E-state index is 0.892. The monoisotopic (exact) mass is 287 g/mol. The maximum absolute atomic E-state index is 4.86. The van der Waals surface area contributed by atoms with Gasteiger partial charge in [0.2, 0.25) is 0 Å². The van der Waals surface area contributed by atoms with Crippen molar-refractivity contribution >= 4 is 17.2 Å². The molecule has 0 saturated carbocycles. The molecule has 1 N–H and O–H groups in total. The summed E-state index contributed by atoms with van der Waals surface area (Å²) in [7, 11) is 0. The SMILES string of the molecule is CCNc1nc(-c2cc(C)sc2C)nc2c1CCCC2. The summed E-state index contributed by atoms with van der Waals surface area (Å²) in [5.74, 6) is 1.94. The van der Waals surface area contributed by atoms with Crippen molar-refractivity contribution in [1.29, 1.82) is 0 Å². The molecule has 2 heterocycles. The van der Waals surface area contributed by atoms with Crippen molar-refractivity contribution in [2.24, 2.45) is 0 Å². The molecule has 0 amide bonds. The Balaban J connectivity index is 2.12. The molecule has 0 fully saturated rings. The van der Waals surface area contributed by atoms with E-state index in [1.165, 1.54) is 39.4 Å². The molecular weight excluding hydrogens is 266 g/mol. The third-order valence-corrected chi connectivity index (χ3v) is 4.78. The van der Waals surface area contributed by atoms with Gasteiger partial charge in [-0.3, -0.25) is 0 Å². The van der Waals surface area contributed by atoms with Gasteiger partial charge in [0.25, 0.3) is 0 Å². The van der Waals surface area contributed by atoms with E-state index in [0.29, 0.717) is 0 Å². The predicted molar refractivity (Wildman–Crippen MR) is 85.6 cm³/mol. The molecule has 0 bridgehead atoms. The first-order valence-corrected chi connectivity index (χ1v) is 8.21. The number of aryl methyl sites for hydroxylation is 3. The molecule has 0 unspecified atom stereocenters. The van der Waals surface area contributed by atoms with E-state index in [4.69, 9.17) is 9.97 Å². The van der Waals surface area contributed by atoms with Crippen molar-refractivity contribution < 1.29 is 0 Å². The second-order valence-electron chi connectivity index (χ2n) is 5.39. The van der Waals surface area contributed by atoms with E-state index < -0.39 is 0 Å². The van der Waals surface area contributed by atoms with Crippen LogP contribution in [0, 0.1) is 13.8 Å². The molecule has 4 heteroatoms. The molecule has 3 rings (SSSR count). The third kappa shape index (κ3) is 2.44. The molecule has 0 aromatic carbocycles. The smallest absolute Gasteiger partial charge is 0.162 e. The van der Waals surface area contributed by atoms with Crippen LogP contribution in [-0.4, -0.2) is 16.5 Å². The molecule has 3 nitrogen and oxygen atoms in total. The summed E-state index contributed by atoms with van der Waals surface area (Å²) in [5.41, 5.74) is 3.78. The zero-order valence-corrected chi connectivity index (χ0v) is 13.2. The molecule has 2 aromatic heterocycles. The van der Waals surface area contributed by atoms with E-state index in [1.54, 1.807) is 0 Å². The second-order valence-corrected chi connectivity index (χ2v) is 6.85. The minimum absolute atomic E-state index is 0.892. The van der Waals surface area contributed by atoms with Crippen molar-refractivity contribution in [3.8, 4) is 11.4 Å². The number of hydrogen-bond donors (Lipinski definition) is 1. The summed E-state index contributed by atoms with van der Waals surface area (Å²) in [6.45, 7) is 7.33. The van der Waals surface area contributed by atoms with Gasteiger partial charge in [-0.2, -0.15) is 0 Å². The molecule has 0 radical (unpaired) electrons. The van der Waals surface area contributed by atoms with Crippen LogP contribution < -0.4 is 5.32 Å². The van der Waals surface area contributed by atoms with Crippen molar-refractivity contribution in [2.45, 2.75) is 46.5 Å². The highest BCUT2D eigenvalue weighted by Crippen LogP contribution is 2.32. The molecule has 1 aliphatic carbocycles. The van der Waals surface area contributed by atoms with Crippen molar-refractivity contribution in [1.82, 2.24) is 9.97 Å². The standard InChI is InChI=1S/C16H21N3S/c1-4-17-15-12-7-5-6-8-14(12)18-16(19-15)13-9-10(2)20-11(13)3/h9H,4-8H2,1-3H3,(H,17,18,19). The van der Waals surface area contributed by atoms with Gasteiger partial charge in [0, 0.05) is 33.1 Å². The van der Waals surface area contributed by atoms with Crippen LogP contribution in [0.15, 0.2) is 6.07 Å². The molecule has 20 heavy (non-hydrogen) atoms. The Bertz CT molecular complexity index is 631. The Morgan fingerprint density at radius 3 is 2.70 bits per heavy atom. The first-order chi connectivity index (χ1) is 9.69. The van der Waals surface area contributed by atoms with Crippen LogP contribution in [0.2, 0.25) is 0 Å². The maximum atomic E-state index is 4.86. The lowest BCUT2D eigenvalue weighted by Crippen LogP contribution is -2.13. The summed E-state index contributed by atoms with van der Waals surface area (Å²) >= 11 is 1.82. The molecule has 0 spiro atoms. The third-order valence-electron chi connectivity index (χ3n) is 3.81. The van der Waals surface area contributed by atoms with Gasteiger partial charge < -0.3 is 5.32 Å². The summed E-state index contributed by atoms with van der Waals surface area (Å²) in [6, 6.07) is 2.21. The highest BCUT2D eigenvalue weighted by molar-refractivity contribution is 7.12. The fourth-order valence-corrected chi connectivity index (χ4v) is 3.80. The summed E-state index contributed by atoms with van der Waals surface area (Å²) in [5, 5.41) is 3.42. The highest BCUT2D eigenvalue weighted by Gasteiger charge is 2.19. The lowest BCUT2D eigenvalue weighted by molar-refractivity contribution is 0.664. The maximum Gasteiger partial charge on any atom is 0.162 e. The van der Waals surface area contributed by atoms with Gasteiger partial charge in [-0.15, -0.1) is 11.3 Å². The van der Waals surface area contributed by atoms with Gasteiger partial charge in [0.15, 0.2) is 5.82 Å². The fourth-order valence-electron chi connectivity index (χ4n) is 2.88. The summed E-state index contributed by atoms with van der Waals surface area (Å²) in [6.07, 6.45) is 4.70. The average Bonchev–Trinajstić information content (AvgIpc) is 2.78. The number of anilines is 1. The van der Waals surface area contributed by atoms with Gasteiger partial charge in [0.05, 0.1) is 0 Å². The van der Waals surface area contributed by atoms with Gasteiger partial charge in [-0.05, 0) is 52.5 Å². The van der Waals surface area contributed by atoms with E-state index >= 15 is 0 Å². The first-order valence-electron chi connectivity index (χ1n) is 7.40. The van der Waals surface area contributed by atoms with Crippen LogP contribution in [0.25, 0.3) is 11.4 Å². The fraction of sp³-hybridized carbons (Fsp3) is 0.500. The Morgan fingerprint density at radius 1 is 1.20 bits per heavy atom. The van der Waals surface area contributed by atoms with Gasteiger partial charge in [-0.25, -0.2) is 9.97 Å². The number of hydrogen-bond acceptors (Lipinski definition) is 4. The highest BCUT2D eigenvalue weighted by atomic mass is 32.1. The van der Waals surface area contributed by atoms with Crippen molar-refractivity contribution in [3.05, 3.63) is 27.1 Å². The molecule has 106 valence electrons. The van der Waals surface area contributed by atoms with E-state index in [-0.39, 0.29) is 0 Å². The topological polar surface area (TPSA) is 37.8 Å². The summed E-state index contributed by atoms with van der Waals surface area (Å²) in [4.78, 5) is 12.3. The van der Waals surface area contributed by atoms with Crippen LogP contribution in [0.1, 0.15) is 40.8 Å². The zero-order valence-electron chi connectivity index (χ0n) is 12.4. The van der Waals surface area contributed by atoms with Crippen molar-refractivity contribution in [2.75, 3.05) is 11.9 Å². The van der Waals surface area contributed by atoms with Crippen LogP contribution in [0.3, 0.4) is 0 Å². The van der Waals surface area contributed by atoms with E-state index in [0.717, 1.165) is 31.0 Å². The molecule has 0 atom stereocenters. The Kier molecular flexibility index (Phi) is 3.74. The van der Waals surface area contributed by atoms with Crippen LogP contribution in [0.4, 0.5) is 5.82 Å². The number of thiophene rings is 1. The number of nitrogens with zero attached hydrogens (tertiary/aromatic N) is 2. The van der Waals surface area contributed by atoms with E-state index in [2.05, 4.69) is 32.2 Å². The molecule has 2 aromatic rings. The molecule has 0 aliphatic heterocycles. The average molecular weight is 287 g/mol.